The Bertz CT molecular complexity index is 759. The highest BCUT2D eigenvalue weighted by Gasteiger charge is 2.15. The highest BCUT2D eigenvalue weighted by atomic mass is 32.1. The summed E-state index contributed by atoms with van der Waals surface area (Å²) in [6.07, 6.45) is 0. The van der Waals surface area contributed by atoms with Gasteiger partial charge in [-0.3, -0.25) is 0 Å². The third kappa shape index (κ3) is 1.05. The summed E-state index contributed by atoms with van der Waals surface area (Å²) < 4.78 is 8.04. The molecule has 4 aromatic rings. The number of nitrogen functional groups attached to an aromatic ring is 2. The van der Waals surface area contributed by atoms with E-state index in [2.05, 4.69) is 12.1 Å². The van der Waals surface area contributed by atoms with E-state index in [4.69, 9.17) is 11.5 Å². The van der Waals surface area contributed by atoms with Crippen molar-refractivity contribution in [2.45, 2.75) is 0 Å². The van der Waals surface area contributed by atoms with Crippen LogP contribution in [-0.4, -0.2) is 0 Å². The fourth-order valence-corrected chi connectivity index (χ4v) is 7.05. The van der Waals surface area contributed by atoms with E-state index in [1.807, 2.05) is 22.7 Å². The van der Waals surface area contributed by atoms with Crippen LogP contribution in [0.4, 0.5) is 10.0 Å². The Morgan fingerprint density at radius 3 is 1.50 bits per heavy atom. The van der Waals surface area contributed by atoms with Crippen molar-refractivity contribution in [3.05, 3.63) is 12.1 Å². The van der Waals surface area contributed by atoms with Crippen LogP contribution in [0.15, 0.2) is 12.1 Å². The Labute approximate surface area is 107 Å². The van der Waals surface area contributed by atoms with Crippen LogP contribution in [0.2, 0.25) is 0 Å². The largest absolute Gasteiger partial charge is 0.391 e. The average molecular weight is 282 g/mol. The number of thiophene rings is 4. The SMILES string of the molecule is Nc1cc2sc3c4sc(N)cc4sc3c2s1. The van der Waals surface area contributed by atoms with Crippen LogP contribution in [0.25, 0.3) is 28.2 Å². The third-order valence-electron chi connectivity index (χ3n) is 2.48. The summed E-state index contributed by atoms with van der Waals surface area (Å²) in [4.78, 5) is 0. The van der Waals surface area contributed by atoms with Crippen molar-refractivity contribution < 1.29 is 0 Å². The highest BCUT2D eigenvalue weighted by molar-refractivity contribution is 7.45. The molecule has 2 nitrogen and oxygen atoms in total. The van der Waals surface area contributed by atoms with Crippen molar-refractivity contribution >= 4 is 83.5 Å². The fourth-order valence-electron chi connectivity index (χ4n) is 1.86. The van der Waals surface area contributed by atoms with Gasteiger partial charge in [0.25, 0.3) is 0 Å². The summed E-state index contributed by atoms with van der Waals surface area (Å²) in [6.45, 7) is 0. The average Bonchev–Trinajstić information content (AvgIpc) is 2.85. The number of hydrogen-bond acceptors (Lipinski definition) is 6. The summed E-state index contributed by atoms with van der Waals surface area (Å²) in [6, 6.07) is 4.14. The molecule has 0 fully saturated rings. The molecule has 0 bridgehead atoms. The van der Waals surface area contributed by atoms with Gasteiger partial charge in [-0.25, -0.2) is 0 Å². The maximum atomic E-state index is 5.83. The van der Waals surface area contributed by atoms with Gasteiger partial charge in [-0.2, -0.15) is 0 Å². The molecule has 0 unspecified atom stereocenters. The van der Waals surface area contributed by atoms with Crippen molar-refractivity contribution in [2.75, 3.05) is 11.5 Å². The predicted molar refractivity (Wildman–Crippen MR) is 79.3 cm³/mol. The molecule has 0 aliphatic heterocycles. The lowest BCUT2D eigenvalue weighted by molar-refractivity contribution is 2.02. The predicted octanol–water partition coefficient (Wildman–Crippen LogP) is 4.56. The first-order chi connectivity index (χ1) is 7.72. The first-order valence-corrected chi connectivity index (χ1v) is 7.88. The van der Waals surface area contributed by atoms with Gasteiger partial charge in [0, 0.05) is 9.40 Å². The fraction of sp³-hybridized carbons (Fsp3) is 0. The molecule has 0 aliphatic carbocycles. The zero-order chi connectivity index (χ0) is 10.9. The van der Waals surface area contributed by atoms with Gasteiger partial charge >= 0.3 is 0 Å². The van der Waals surface area contributed by atoms with E-state index in [0.717, 1.165) is 10.0 Å². The van der Waals surface area contributed by atoms with E-state index in [1.54, 1.807) is 22.7 Å². The van der Waals surface area contributed by atoms with Crippen molar-refractivity contribution in [1.29, 1.82) is 0 Å². The molecule has 0 amide bonds. The number of rotatable bonds is 0. The molecule has 0 radical (unpaired) electrons. The van der Waals surface area contributed by atoms with E-state index in [9.17, 15) is 0 Å². The zero-order valence-electron chi connectivity index (χ0n) is 7.94. The molecule has 0 saturated carbocycles. The minimum Gasteiger partial charge on any atom is -0.391 e. The molecule has 0 aromatic carbocycles. The maximum Gasteiger partial charge on any atom is 0.0877 e. The van der Waals surface area contributed by atoms with Crippen LogP contribution in [0.5, 0.6) is 0 Å². The van der Waals surface area contributed by atoms with Crippen LogP contribution in [0.1, 0.15) is 0 Å². The lowest BCUT2D eigenvalue weighted by Gasteiger charge is -1.79. The van der Waals surface area contributed by atoms with E-state index in [0.29, 0.717) is 0 Å². The smallest absolute Gasteiger partial charge is 0.0877 e. The van der Waals surface area contributed by atoms with E-state index in [1.165, 1.54) is 28.2 Å². The Morgan fingerprint density at radius 1 is 0.625 bits per heavy atom. The first kappa shape index (κ1) is 9.23. The topological polar surface area (TPSA) is 52.0 Å². The van der Waals surface area contributed by atoms with Gasteiger partial charge in [0.2, 0.25) is 0 Å². The first-order valence-electron chi connectivity index (χ1n) is 4.62. The van der Waals surface area contributed by atoms with Gasteiger partial charge in [0.15, 0.2) is 0 Å². The van der Waals surface area contributed by atoms with Crippen LogP contribution in [-0.2, 0) is 0 Å². The molecule has 0 aliphatic rings. The summed E-state index contributed by atoms with van der Waals surface area (Å²) in [5.74, 6) is 0. The Hall–Kier alpha value is -0.820. The second-order valence-electron chi connectivity index (χ2n) is 3.55. The summed E-state index contributed by atoms with van der Waals surface area (Å²) in [5.41, 5.74) is 11.7. The number of anilines is 2. The molecule has 4 heterocycles. The van der Waals surface area contributed by atoms with Gasteiger partial charge in [-0.15, -0.1) is 45.3 Å². The number of hydrogen-bond donors (Lipinski definition) is 2. The third-order valence-corrected chi connectivity index (χ3v) is 7.39. The molecule has 16 heavy (non-hydrogen) atoms. The Kier molecular flexibility index (Phi) is 1.67. The maximum absolute atomic E-state index is 5.83. The lowest BCUT2D eigenvalue weighted by atomic mass is 10.4. The molecule has 4 aromatic heterocycles. The van der Waals surface area contributed by atoms with E-state index >= 15 is 0 Å². The van der Waals surface area contributed by atoms with Crippen LogP contribution in [0.3, 0.4) is 0 Å². The molecule has 0 atom stereocenters. The van der Waals surface area contributed by atoms with Crippen LogP contribution in [0, 0.1) is 0 Å². The minimum absolute atomic E-state index is 0.902. The molecule has 0 spiro atoms. The summed E-state index contributed by atoms with van der Waals surface area (Å²) in [7, 11) is 0. The zero-order valence-corrected chi connectivity index (χ0v) is 11.2. The van der Waals surface area contributed by atoms with E-state index in [-0.39, 0.29) is 0 Å². The quantitative estimate of drug-likeness (QED) is 0.497. The standard InChI is InChI=1S/C10H6N2S4/c11-5-1-3-7(15-5)9-10(13-3)8-4(14-9)2-6(12)16-8/h1-2H,11-12H2. The summed E-state index contributed by atoms with van der Waals surface area (Å²) >= 11 is 7.02. The normalized spacial score (nSPS) is 12.2. The van der Waals surface area contributed by atoms with E-state index < -0.39 is 0 Å². The van der Waals surface area contributed by atoms with Crippen LogP contribution < -0.4 is 11.5 Å². The second-order valence-corrected chi connectivity index (χ2v) is 7.82. The van der Waals surface area contributed by atoms with Crippen molar-refractivity contribution in [3.63, 3.8) is 0 Å². The molecular weight excluding hydrogens is 276 g/mol. The Balaban J connectivity index is 2.28. The highest BCUT2D eigenvalue weighted by Crippen LogP contribution is 2.50. The van der Waals surface area contributed by atoms with Crippen molar-refractivity contribution in [2.24, 2.45) is 0 Å². The number of nitrogens with two attached hydrogens (primary N) is 2. The molecule has 80 valence electrons. The van der Waals surface area contributed by atoms with Gasteiger partial charge < -0.3 is 11.5 Å². The monoisotopic (exact) mass is 282 g/mol. The van der Waals surface area contributed by atoms with Gasteiger partial charge in [-0.1, -0.05) is 0 Å². The van der Waals surface area contributed by atoms with Gasteiger partial charge in [0.05, 0.1) is 28.8 Å². The molecule has 4 rings (SSSR count). The molecule has 0 saturated heterocycles. The van der Waals surface area contributed by atoms with Gasteiger partial charge in [0.1, 0.15) is 0 Å². The molecule has 6 heteroatoms. The summed E-state index contributed by atoms with van der Waals surface area (Å²) in [5, 5.41) is 1.80. The number of fused-ring (bicyclic) bond motifs is 5. The minimum atomic E-state index is 0.902. The molecule has 4 N–H and O–H groups in total. The Morgan fingerprint density at radius 2 is 1.06 bits per heavy atom. The van der Waals surface area contributed by atoms with Crippen LogP contribution >= 0.6 is 45.3 Å². The van der Waals surface area contributed by atoms with Gasteiger partial charge in [-0.05, 0) is 12.1 Å². The lowest BCUT2D eigenvalue weighted by Crippen LogP contribution is -1.73. The second kappa shape index (κ2) is 2.89. The van der Waals surface area contributed by atoms with Crippen molar-refractivity contribution in [1.82, 2.24) is 0 Å². The van der Waals surface area contributed by atoms with Crippen molar-refractivity contribution in [3.8, 4) is 0 Å². The molecular formula is C10H6N2S4.